The number of nitrogens with zero attached hydrogens (tertiary/aromatic N) is 4. The van der Waals surface area contributed by atoms with E-state index in [9.17, 15) is 4.79 Å². The van der Waals surface area contributed by atoms with Gasteiger partial charge in [-0.05, 0) is 12.8 Å². The van der Waals surface area contributed by atoms with E-state index in [0.29, 0.717) is 5.52 Å². The molecule has 3 heterocycles. The lowest BCUT2D eigenvalue weighted by atomic mass is 10.2. The van der Waals surface area contributed by atoms with Crippen LogP contribution in [0.5, 0.6) is 0 Å². The molecule has 0 aliphatic carbocycles. The summed E-state index contributed by atoms with van der Waals surface area (Å²) in [6.07, 6.45) is 2.53. The molecule has 2 atom stereocenters. The zero-order chi connectivity index (χ0) is 11.8. The number of aliphatic hydroxyl groups excluding tert-OH is 1. The van der Waals surface area contributed by atoms with E-state index in [-0.39, 0.29) is 30.0 Å². The van der Waals surface area contributed by atoms with Gasteiger partial charge in [0.25, 0.3) is 5.56 Å². The van der Waals surface area contributed by atoms with E-state index in [1.165, 1.54) is 10.9 Å². The number of ether oxygens (including phenoxy) is 1. The number of aromatic nitrogens is 5. The van der Waals surface area contributed by atoms with Crippen LogP contribution >= 0.6 is 0 Å². The van der Waals surface area contributed by atoms with Gasteiger partial charge < -0.3 is 9.84 Å². The normalized spacial score (nSPS) is 24.5. The summed E-state index contributed by atoms with van der Waals surface area (Å²) < 4.78 is 7.11. The van der Waals surface area contributed by atoms with Crippen LogP contribution in [-0.4, -0.2) is 43.0 Å². The summed E-state index contributed by atoms with van der Waals surface area (Å²) in [4.78, 5) is 11.4. The van der Waals surface area contributed by atoms with Gasteiger partial charge in [0, 0.05) is 0 Å². The van der Waals surface area contributed by atoms with Crippen molar-refractivity contribution in [2.45, 2.75) is 25.2 Å². The number of aromatic amines is 1. The molecule has 0 spiro atoms. The van der Waals surface area contributed by atoms with Gasteiger partial charge in [-0.25, -0.2) is 9.78 Å². The summed E-state index contributed by atoms with van der Waals surface area (Å²) in [7, 11) is 0. The first-order valence-corrected chi connectivity index (χ1v) is 5.34. The molecule has 0 amide bonds. The zero-order valence-electron chi connectivity index (χ0n) is 8.91. The molecule has 1 saturated heterocycles. The molecule has 17 heavy (non-hydrogen) atoms. The van der Waals surface area contributed by atoms with E-state index < -0.39 is 0 Å². The van der Waals surface area contributed by atoms with Crippen molar-refractivity contribution in [3.63, 3.8) is 0 Å². The molecule has 0 radical (unpaired) electrons. The molecular formula is C9H11N5O3. The number of H-pyrrole nitrogens is 1. The first-order chi connectivity index (χ1) is 8.29. The molecule has 1 aliphatic rings. The van der Waals surface area contributed by atoms with Crippen molar-refractivity contribution in [2.24, 2.45) is 0 Å². The van der Waals surface area contributed by atoms with Crippen LogP contribution < -0.4 is 5.56 Å². The second-order valence-electron chi connectivity index (χ2n) is 3.94. The maximum absolute atomic E-state index is 11.4. The molecule has 1 fully saturated rings. The number of hydrogen-bond acceptors (Lipinski definition) is 6. The van der Waals surface area contributed by atoms with Gasteiger partial charge in [0.2, 0.25) is 0 Å². The van der Waals surface area contributed by atoms with Crippen LogP contribution in [0.3, 0.4) is 0 Å². The quantitative estimate of drug-likeness (QED) is 0.707. The first-order valence-electron chi connectivity index (χ1n) is 5.34. The SMILES string of the molecule is O=c1[nH]ncc2c1nnn2C1CCC(CO)O1. The van der Waals surface area contributed by atoms with Crippen LogP contribution in [0.2, 0.25) is 0 Å². The highest BCUT2D eigenvalue weighted by Gasteiger charge is 2.28. The Kier molecular flexibility index (Phi) is 2.37. The highest BCUT2D eigenvalue weighted by atomic mass is 16.5. The summed E-state index contributed by atoms with van der Waals surface area (Å²) in [6.45, 7) is -0.0119. The zero-order valence-corrected chi connectivity index (χ0v) is 8.91. The molecule has 90 valence electrons. The van der Waals surface area contributed by atoms with Crippen molar-refractivity contribution in [3.8, 4) is 0 Å². The van der Waals surface area contributed by atoms with Crippen LogP contribution in [-0.2, 0) is 4.74 Å². The van der Waals surface area contributed by atoms with Gasteiger partial charge in [-0.15, -0.1) is 5.10 Å². The Hall–Kier alpha value is -1.80. The Bertz CT molecular complexity index is 592. The Morgan fingerprint density at radius 1 is 1.59 bits per heavy atom. The minimum Gasteiger partial charge on any atom is -0.394 e. The molecule has 1 aliphatic heterocycles. The van der Waals surface area contributed by atoms with E-state index in [2.05, 4.69) is 20.5 Å². The second kappa shape index (κ2) is 3.90. The molecule has 3 rings (SSSR count). The Morgan fingerprint density at radius 2 is 2.47 bits per heavy atom. The molecule has 0 bridgehead atoms. The molecule has 8 heteroatoms. The molecule has 2 aromatic heterocycles. The molecule has 0 aromatic carbocycles. The minimum atomic E-state index is -0.370. The number of rotatable bonds is 2. The van der Waals surface area contributed by atoms with Crippen LogP contribution in [0, 0.1) is 0 Å². The average Bonchev–Trinajstić information content (AvgIpc) is 2.94. The lowest BCUT2D eigenvalue weighted by Crippen LogP contribution is -2.15. The first kappa shape index (κ1) is 10.4. The van der Waals surface area contributed by atoms with Gasteiger partial charge in [0.15, 0.2) is 11.7 Å². The van der Waals surface area contributed by atoms with Gasteiger partial charge in [-0.3, -0.25) is 4.79 Å². The lowest BCUT2D eigenvalue weighted by Gasteiger charge is -2.12. The Balaban J connectivity index is 2.02. The fraction of sp³-hybridized carbons (Fsp3) is 0.556. The standard InChI is InChI=1S/C9H11N5O3/c15-4-5-1-2-7(17-5)14-6-3-10-12-9(16)8(6)11-13-14/h3,5,7,15H,1-2,4H2,(H,12,16). The van der Waals surface area contributed by atoms with Crippen LogP contribution in [0.4, 0.5) is 0 Å². The van der Waals surface area contributed by atoms with Crippen LogP contribution in [0.25, 0.3) is 11.0 Å². The van der Waals surface area contributed by atoms with Gasteiger partial charge in [0.1, 0.15) is 5.52 Å². The van der Waals surface area contributed by atoms with Crippen molar-refractivity contribution < 1.29 is 9.84 Å². The number of fused-ring (bicyclic) bond motifs is 1. The molecular weight excluding hydrogens is 226 g/mol. The van der Waals surface area contributed by atoms with Gasteiger partial charge in [0.05, 0.1) is 18.9 Å². The second-order valence-corrected chi connectivity index (χ2v) is 3.94. The third-order valence-electron chi connectivity index (χ3n) is 2.86. The van der Waals surface area contributed by atoms with Crippen molar-refractivity contribution in [3.05, 3.63) is 16.6 Å². The largest absolute Gasteiger partial charge is 0.394 e. The maximum Gasteiger partial charge on any atom is 0.294 e. The monoisotopic (exact) mass is 237 g/mol. The van der Waals surface area contributed by atoms with Crippen LogP contribution in [0.15, 0.2) is 11.0 Å². The third-order valence-corrected chi connectivity index (χ3v) is 2.86. The fourth-order valence-corrected chi connectivity index (χ4v) is 2.00. The average molecular weight is 237 g/mol. The number of aliphatic hydroxyl groups is 1. The number of nitrogens with one attached hydrogen (secondary N) is 1. The van der Waals surface area contributed by atoms with E-state index in [1.54, 1.807) is 0 Å². The van der Waals surface area contributed by atoms with Crippen LogP contribution in [0.1, 0.15) is 19.1 Å². The minimum absolute atomic E-state index is 0.0119. The van der Waals surface area contributed by atoms with Gasteiger partial charge in [-0.2, -0.15) is 5.10 Å². The molecule has 8 nitrogen and oxygen atoms in total. The van der Waals surface area contributed by atoms with Crippen molar-refractivity contribution >= 4 is 11.0 Å². The Labute approximate surface area is 95.2 Å². The molecule has 0 saturated carbocycles. The summed E-state index contributed by atoms with van der Waals surface area (Å²) in [5.74, 6) is 0. The Morgan fingerprint density at radius 3 is 3.24 bits per heavy atom. The molecule has 2 N–H and O–H groups in total. The maximum atomic E-state index is 11.4. The summed E-state index contributed by atoms with van der Waals surface area (Å²) in [6, 6.07) is 0. The van der Waals surface area contributed by atoms with Gasteiger partial charge in [-0.1, -0.05) is 5.21 Å². The third kappa shape index (κ3) is 1.61. The highest BCUT2D eigenvalue weighted by Crippen LogP contribution is 2.28. The molecule has 2 unspecified atom stereocenters. The summed E-state index contributed by atoms with van der Waals surface area (Å²) in [5, 5.41) is 22.7. The lowest BCUT2D eigenvalue weighted by molar-refractivity contribution is -0.0268. The smallest absolute Gasteiger partial charge is 0.294 e. The van der Waals surface area contributed by atoms with E-state index in [1.807, 2.05) is 0 Å². The van der Waals surface area contributed by atoms with Crippen molar-refractivity contribution in [2.75, 3.05) is 6.61 Å². The summed E-state index contributed by atoms with van der Waals surface area (Å²) in [5.41, 5.74) is 0.416. The molecule has 2 aromatic rings. The van der Waals surface area contributed by atoms with Crippen molar-refractivity contribution in [1.82, 2.24) is 25.2 Å². The fourth-order valence-electron chi connectivity index (χ4n) is 2.00. The summed E-state index contributed by atoms with van der Waals surface area (Å²) >= 11 is 0. The van der Waals surface area contributed by atoms with Gasteiger partial charge >= 0.3 is 0 Å². The highest BCUT2D eigenvalue weighted by molar-refractivity contribution is 5.71. The van der Waals surface area contributed by atoms with Crippen molar-refractivity contribution in [1.29, 1.82) is 0 Å². The predicted molar refractivity (Wildman–Crippen MR) is 56.2 cm³/mol. The topological polar surface area (TPSA) is 106 Å². The van der Waals surface area contributed by atoms with E-state index in [4.69, 9.17) is 9.84 Å². The number of hydrogen-bond donors (Lipinski definition) is 2. The van der Waals surface area contributed by atoms with E-state index >= 15 is 0 Å². The predicted octanol–water partition coefficient (Wildman–Crippen LogP) is -0.816. The van der Waals surface area contributed by atoms with E-state index in [0.717, 1.165) is 12.8 Å².